The monoisotopic (exact) mass is 255 g/mol. The van der Waals surface area contributed by atoms with Crippen LogP contribution in [0.3, 0.4) is 0 Å². The number of esters is 1. The molecule has 3 atom stereocenters. The van der Waals surface area contributed by atoms with Gasteiger partial charge in [0, 0.05) is 19.4 Å². The standard InChI is InChI=1S/C12H17NO5/c1-3-17-12(16)13-8-4-5-9(13)11(10(15)6-8)18-7(2)14/h8-9,11H,3-6H2,1-2H3/t8-,9+,11+/m0/s1. The zero-order valence-corrected chi connectivity index (χ0v) is 10.5. The van der Waals surface area contributed by atoms with Crippen LogP contribution in [0.15, 0.2) is 0 Å². The van der Waals surface area contributed by atoms with Crippen LogP contribution in [-0.2, 0) is 19.1 Å². The van der Waals surface area contributed by atoms with E-state index in [1.807, 2.05) is 0 Å². The van der Waals surface area contributed by atoms with Gasteiger partial charge < -0.3 is 9.47 Å². The van der Waals surface area contributed by atoms with E-state index < -0.39 is 18.2 Å². The minimum Gasteiger partial charge on any atom is -0.452 e. The molecule has 2 bridgehead atoms. The van der Waals surface area contributed by atoms with Gasteiger partial charge in [-0.2, -0.15) is 0 Å². The van der Waals surface area contributed by atoms with Gasteiger partial charge in [0.2, 0.25) is 0 Å². The van der Waals surface area contributed by atoms with Crippen molar-refractivity contribution in [3.63, 3.8) is 0 Å². The Labute approximate surface area is 105 Å². The number of ether oxygens (including phenoxy) is 2. The van der Waals surface area contributed by atoms with Gasteiger partial charge in [-0.25, -0.2) is 4.79 Å². The van der Waals surface area contributed by atoms with Gasteiger partial charge in [-0.05, 0) is 19.8 Å². The second kappa shape index (κ2) is 4.96. The van der Waals surface area contributed by atoms with E-state index >= 15 is 0 Å². The number of Topliss-reactive ketones (excluding diaryl/α,β-unsaturated/α-hetero) is 1. The molecule has 6 nitrogen and oxygen atoms in total. The minimum atomic E-state index is -0.828. The van der Waals surface area contributed by atoms with Gasteiger partial charge in [-0.15, -0.1) is 0 Å². The molecule has 0 spiro atoms. The highest BCUT2D eigenvalue weighted by Gasteiger charge is 2.51. The molecule has 0 aliphatic carbocycles. The van der Waals surface area contributed by atoms with Crippen molar-refractivity contribution < 1.29 is 23.9 Å². The summed E-state index contributed by atoms with van der Waals surface area (Å²) in [5.74, 6) is -0.597. The average molecular weight is 255 g/mol. The topological polar surface area (TPSA) is 72.9 Å². The summed E-state index contributed by atoms with van der Waals surface area (Å²) in [4.78, 5) is 36.3. The fourth-order valence-corrected chi connectivity index (χ4v) is 2.78. The summed E-state index contributed by atoms with van der Waals surface area (Å²) < 4.78 is 10.0. The lowest BCUT2D eigenvalue weighted by Gasteiger charge is -2.37. The van der Waals surface area contributed by atoms with E-state index in [1.165, 1.54) is 6.92 Å². The van der Waals surface area contributed by atoms with Crippen molar-refractivity contribution in [2.24, 2.45) is 0 Å². The smallest absolute Gasteiger partial charge is 0.410 e. The Morgan fingerprint density at radius 3 is 2.72 bits per heavy atom. The Morgan fingerprint density at radius 2 is 2.11 bits per heavy atom. The Balaban J connectivity index is 2.16. The molecule has 2 fully saturated rings. The van der Waals surface area contributed by atoms with Crippen molar-refractivity contribution >= 4 is 17.8 Å². The molecule has 18 heavy (non-hydrogen) atoms. The highest BCUT2D eigenvalue weighted by Crippen LogP contribution is 2.36. The van der Waals surface area contributed by atoms with Gasteiger partial charge >= 0.3 is 12.1 Å². The highest BCUT2D eigenvalue weighted by molar-refractivity contribution is 5.89. The molecule has 2 saturated heterocycles. The van der Waals surface area contributed by atoms with E-state index in [9.17, 15) is 14.4 Å². The Hall–Kier alpha value is -1.59. The van der Waals surface area contributed by atoms with E-state index in [1.54, 1.807) is 11.8 Å². The fraction of sp³-hybridized carbons (Fsp3) is 0.750. The number of hydrogen-bond acceptors (Lipinski definition) is 5. The molecule has 0 saturated carbocycles. The molecular weight excluding hydrogens is 238 g/mol. The highest BCUT2D eigenvalue weighted by atomic mass is 16.6. The van der Waals surface area contributed by atoms with Gasteiger partial charge in [-0.1, -0.05) is 0 Å². The van der Waals surface area contributed by atoms with Crippen molar-refractivity contribution in [2.45, 2.75) is 51.3 Å². The summed E-state index contributed by atoms with van der Waals surface area (Å²) in [5.41, 5.74) is 0. The number of nitrogens with zero attached hydrogens (tertiary/aromatic N) is 1. The summed E-state index contributed by atoms with van der Waals surface area (Å²) >= 11 is 0. The maximum absolute atomic E-state index is 11.9. The molecule has 0 unspecified atom stereocenters. The molecule has 2 heterocycles. The SMILES string of the molecule is CCOC(=O)N1[C@H]2CC[C@@H]1[C@@H](OC(C)=O)C(=O)C2. The van der Waals surface area contributed by atoms with Gasteiger partial charge in [0.05, 0.1) is 12.6 Å². The van der Waals surface area contributed by atoms with Crippen LogP contribution in [0.5, 0.6) is 0 Å². The van der Waals surface area contributed by atoms with Crippen molar-refractivity contribution in [1.82, 2.24) is 4.90 Å². The van der Waals surface area contributed by atoms with E-state index in [0.717, 1.165) is 6.42 Å². The largest absolute Gasteiger partial charge is 0.452 e. The lowest BCUT2D eigenvalue weighted by atomic mass is 9.99. The summed E-state index contributed by atoms with van der Waals surface area (Å²) in [6.45, 7) is 3.29. The van der Waals surface area contributed by atoms with E-state index in [-0.39, 0.29) is 24.3 Å². The number of carbonyl (C=O) groups excluding carboxylic acids is 3. The van der Waals surface area contributed by atoms with E-state index in [0.29, 0.717) is 13.0 Å². The predicted molar refractivity (Wildman–Crippen MR) is 60.8 cm³/mol. The first-order valence-corrected chi connectivity index (χ1v) is 6.19. The van der Waals surface area contributed by atoms with Crippen molar-refractivity contribution in [3.8, 4) is 0 Å². The minimum absolute atomic E-state index is 0.0988. The summed E-state index contributed by atoms with van der Waals surface area (Å²) in [6.07, 6.45) is 0.424. The lowest BCUT2D eigenvalue weighted by Crippen LogP contribution is -2.56. The lowest BCUT2D eigenvalue weighted by molar-refractivity contribution is -0.159. The van der Waals surface area contributed by atoms with Crippen LogP contribution in [0.25, 0.3) is 0 Å². The molecule has 0 aromatic heterocycles. The maximum atomic E-state index is 11.9. The molecule has 2 aliphatic rings. The summed E-state index contributed by atoms with van der Waals surface area (Å²) in [6, 6.07) is -0.465. The van der Waals surface area contributed by atoms with Crippen LogP contribution in [-0.4, -0.2) is 47.5 Å². The first kappa shape index (κ1) is 12.9. The van der Waals surface area contributed by atoms with E-state index in [4.69, 9.17) is 9.47 Å². The molecule has 6 heteroatoms. The summed E-state index contributed by atoms with van der Waals surface area (Å²) in [5, 5.41) is 0. The molecule has 1 amide bonds. The molecule has 0 N–H and O–H groups in total. The number of piperidine rings is 1. The van der Waals surface area contributed by atoms with Gasteiger partial charge in [0.1, 0.15) is 0 Å². The molecule has 100 valence electrons. The Morgan fingerprint density at radius 1 is 1.39 bits per heavy atom. The van der Waals surface area contributed by atoms with Crippen molar-refractivity contribution in [1.29, 1.82) is 0 Å². The number of rotatable bonds is 2. The van der Waals surface area contributed by atoms with Crippen LogP contribution >= 0.6 is 0 Å². The number of ketones is 1. The normalized spacial score (nSPS) is 30.2. The number of carbonyl (C=O) groups is 3. The van der Waals surface area contributed by atoms with Crippen LogP contribution in [0, 0.1) is 0 Å². The van der Waals surface area contributed by atoms with Gasteiger partial charge in [-0.3, -0.25) is 14.5 Å². The van der Waals surface area contributed by atoms with Crippen LogP contribution < -0.4 is 0 Å². The van der Waals surface area contributed by atoms with Gasteiger partial charge in [0.15, 0.2) is 11.9 Å². The molecule has 2 rings (SSSR count). The predicted octanol–water partition coefficient (Wildman–Crippen LogP) is 0.880. The van der Waals surface area contributed by atoms with Crippen LogP contribution in [0.2, 0.25) is 0 Å². The second-order valence-corrected chi connectivity index (χ2v) is 4.61. The molecule has 0 aromatic rings. The zero-order valence-electron chi connectivity index (χ0n) is 10.5. The third-order valence-corrected chi connectivity index (χ3v) is 3.42. The molecular formula is C12H17NO5. The summed E-state index contributed by atoms with van der Waals surface area (Å²) in [7, 11) is 0. The maximum Gasteiger partial charge on any atom is 0.410 e. The fourth-order valence-electron chi connectivity index (χ4n) is 2.78. The zero-order chi connectivity index (χ0) is 13.3. The molecule has 2 aliphatic heterocycles. The quantitative estimate of drug-likeness (QED) is 0.685. The third kappa shape index (κ3) is 2.19. The van der Waals surface area contributed by atoms with Crippen molar-refractivity contribution in [2.75, 3.05) is 6.61 Å². The van der Waals surface area contributed by atoms with Crippen LogP contribution in [0.1, 0.15) is 33.1 Å². The number of amides is 1. The van der Waals surface area contributed by atoms with Gasteiger partial charge in [0.25, 0.3) is 0 Å². The van der Waals surface area contributed by atoms with E-state index in [2.05, 4.69) is 0 Å². The number of hydrogen-bond donors (Lipinski definition) is 0. The first-order chi connectivity index (χ1) is 8.54. The number of fused-ring (bicyclic) bond motifs is 2. The molecule has 0 aromatic carbocycles. The molecule has 0 radical (unpaired) electrons. The second-order valence-electron chi connectivity index (χ2n) is 4.61. The van der Waals surface area contributed by atoms with Crippen LogP contribution in [0.4, 0.5) is 4.79 Å². The Bertz CT molecular complexity index is 381. The first-order valence-electron chi connectivity index (χ1n) is 6.19. The average Bonchev–Trinajstić information content (AvgIpc) is 2.62. The van der Waals surface area contributed by atoms with Crippen molar-refractivity contribution in [3.05, 3.63) is 0 Å². The Kier molecular flexibility index (Phi) is 3.54. The third-order valence-electron chi connectivity index (χ3n) is 3.42.